The first-order valence-electron chi connectivity index (χ1n) is 6.57. The maximum atomic E-state index is 12.4. The van der Waals surface area contributed by atoms with E-state index in [9.17, 15) is 13.2 Å². The number of nitrogens with one attached hydrogen (secondary N) is 2. The lowest BCUT2D eigenvalue weighted by atomic mass is 10.1. The zero-order chi connectivity index (χ0) is 16.4. The molecule has 3 rings (SSSR count). The molecule has 0 saturated carbocycles. The molecule has 0 bridgehead atoms. The number of sulfonamides is 1. The molecule has 0 aliphatic rings. The van der Waals surface area contributed by atoms with Crippen molar-refractivity contribution in [1.82, 2.24) is 10.2 Å². The zero-order valence-corrected chi connectivity index (χ0v) is 13.6. The molecule has 2 aromatic carbocycles. The Balaban J connectivity index is 1.94. The summed E-state index contributed by atoms with van der Waals surface area (Å²) in [6.45, 7) is 1.31. The Bertz CT molecular complexity index is 977. The van der Waals surface area contributed by atoms with Crippen LogP contribution < -0.4 is 10.0 Å². The highest BCUT2D eigenvalue weighted by molar-refractivity contribution is 7.94. The molecule has 0 atom stereocenters. The van der Waals surface area contributed by atoms with Crippen molar-refractivity contribution in [1.29, 1.82) is 0 Å². The molecule has 0 radical (unpaired) electrons. The maximum Gasteiger partial charge on any atom is 0.291 e. The van der Waals surface area contributed by atoms with E-state index in [1.54, 1.807) is 12.1 Å². The van der Waals surface area contributed by atoms with Crippen LogP contribution in [-0.4, -0.2) is 24.5 Å². The second-order valence-corrected chi connectivity index (χ2v) is 7.52. The summed E-state index contributed by atoms with van der Waals surface area (Å²) in [5.41, 5.74) is 0.458. The van der Waals surface area contributed by atoms with Gasteiger partial charge in [-0.25, -0.2) is 0 Å². The fourth-order valence-electron chi connectivity index (χ4n) is 2.02. The Kier molecular flexibility index (Phi) is 3.97. The molecule has 118 valence electrons. The predicted molar refractivity (Wildman–Crippen MR) is 89.0 cm³/mol. The second-order valence-electron chi connectivity index (χ2n) is 4.69. The highest BCUT2D eigenvalue weighted by atomic mass is 32.2. The van der Waals surface area contributed by atoms with Crippen LogP contribution in [0, 0.1) is 0 Å². The van der Waals surface area contributed by atoms with Gasteiger partial charge in [-0.1, -0.05) is 47.7 Å². The van der Waals surface area contributed by atoms with Gasteiger partial charge in [-0.3, -0.25) is 9.52 Å². The predicted octanol–water partition coefficient (Wildman–Crippen LogP) is 2.45. The van der Waals surface area contributed by atoms with E-state index >= 15 is 0 Å². The highest BCUT2D eigenvalue weighted by Crippen LogP contribution is 2.27. The fraction of sp³-hybridized carbons (Fsp3) is 0.0714. The van der Waals surface area contributed by atoms with E-state index in [1.807, 2.05) is 30.3 Å². The van der Waals surface area contributed by atoms with Crippen LogP contribution in [0.3, 0.4) is 0 Å². The first-order chi connectivity index (χ1) is 11.0. The third-order valence-electron chi connectivity index (χ3n) is 2.95. The van der Waals surface area contributed by atoms with Crippen molar-refractivity contribution < 1.29 is 13.2 Å². The van der Waals surface area contributed by atoms with E-state index in [-0.39, 0.29) is 15.4 Å². The molecule has 0 saturated heterocycles. The summed E-state index contributed by atoms with van der Waals surface area (Å²) in [5, 5.41) is 11.5. The van der Waals surface area contributed by atoms with Gasteiger partial charge >= 0.3 is 0 Å². The van der Waals surface area contributed by atoms with E-state index in [2.05, 4.69) is 20.2 Å². The largest absolute Gasteiger partial charge is 0.301 e. The summed E-state index contributed by atoms with van der Waals surface area (Å²) in [4.78, 5) is 11.0. The molecule has 0 fully saturated rings. The summed E-state index contributed by atoms with van der Waals surface area (Å²) in [7, 11) is -3.88. The summed E-state index contributed by atoms with van der Waals surface area (Å²) < 4.78 is 27.2. The number of carbonyl (C=O) groups is 1. The molecule has 0 spiro atoms. The molecule has 1 amide bonds. The van der Waals surface area contributed by atoms with E-state index in [0.717, 1.165) is 22.1 Å². The van der Waals surface area contributed by atoms with Crippen molar-refractivity contribution in [2.45, 2.75) is 11.3 Å². The molecular weight excluding hydrogens is 336 g/mol. The Morgan fingerprint density at radius 1 is 1.09 bits per heavy atom. The van der Waals surface area contributed by atoms with Crippen molar-refractivity contribution in [2.75, 3.05) is 10.0 Å². The lowest BCUT2D eigenvalue weighted by molar-refractivity contribution is -0.114. The van der Waals surface area contributed by atoms with E-state index < -0.39 is 10.0 Å². The van der Waals surface area contributed by atoms with Gasteiger partial charge in [0.25, 0.3) is 14.4 Å². The van der Waals surface area contributed by atoms with Gasteiger partial charge in [0, 0.05) is 12.3 Å². The standard InChI is InChI=1S/C14H12N4O3S2/c1-9(19)15-13-16-17-14(22-13)23(20,21)18-12-8-4-6-10-5-2-3-7-11(10)12/h2-8,18H,1H3,(H,15,16,19). The van der Waals surface area contributed by atoms with Crippen molar-refractivity contribution in [3.63, 3.8) is 0 Å². The van der Waals surface area contributed by atoms with Crippen LogP contribution in [0.2, 0.25) is 0 Å². The van der Waals surface area contributed by atoms with Crippen LogP contribution in [0.5, 0.6) is 0 Å². The Morgan fingerprint density at radius 2 is 1.83 bits per heavy atom. The fourth-order valence-corrected chi connectivity index (χ4v) is 4.05. The number of benzene rings is 2. The van der Waals surface area contributed by atoms with Gasteiger partial charge in [0.1, 0.15) is 0 Å². The van der Waals surface area contributed by atoms with Crippen LogP contribution in [0.15, 0.2) is 46.8 Å². The average molecular weight is 348 g/mol. The molecular formula is C14H12N4O3S2. The van der Waals surface area contributed by atoms with Gasteiger partial charge < -0.3 is 5.32 Å². The molecule has 0 aliphatic carbocycles. The summed E-state index contributed by atoms with van der Waals surface area (Å²) >= 11 is 0.788. The zero-order valence-electron chi connectivity index (χ0n) is 12.0. The smallest absolute Gasteiger partial charge is 0.291 e. The highest BCUT2D eigenvalue weighted by Gasteiger charge is 2.21. The van der Waals surface area contributed by atoms with Gasteiger partial charge in [-0.05, 0) is 11.5 Å². The molecule has 1 heterocycles. The minimum absolute atomic E-state index is 0.135. The van der Waals surface area contributed by atoms with Gasteiger partial charge in [-0.2, -0.15) is 8.42 Å². The third kappa shape index (κ3) is 3.30. The monoisotopic (exact) mass is 348 g/mol. The minimum atomic E-state index is -3.88. The molecule has 1 aromatic heterocycles. The van der Waals surface area contributed by atoms with Crippen LogP contribution in [0.4, 0.5) is 10.8 Å². The number of aromatic nitrogens is 2. The summed E-state index contributed by atoms with van der Waals surface area (Å²) in [6.07, 6.45) is 0. The lowest BCUT2D eigenvalue weighted by Crippen LogP contribution is -2.13. The Labute approximate surface area is 136 Å². The first kappa shape index (κ1) is 15.4. The van der Waals surface area contributed by atoms with Crippen LogP contribution in [0.1, 0.15) is 6.92 Å². The molecule has 23 heavy (non-hydrogen) atoms. The second kappa shape index (κ2) is 5.94. The first-order valence-corrected chi connectivity index (χ1v) is 8.87. The summed E-state index contributed by atoms with van der Waals surface area (Å²) in [6, 6.07) is 12.8. The van der Waals surface area contributed by atoms with Crippen molar-refractivity contribution in [3.05, 3.63) is 42.5 Å². The number of carbonyl (C=O) groups excluding carboxylic acids is 1. The van der Waals surface area contributed by atoms with Crippen molar-refractivity contribution >= 4 is 48.9 Å². The molecule has 0 unspecified atom stereocenters. The number of hydrogen-bond donors (Lipinski definition) is 2. The number of hydrogen-bond acceptors (Lipinski definition) is 6. The number of amides is 1. The van der Waals surface area contributed by atoms with Crippen LogP contribution >= 0.6 is 11.3 Å². The number of anilines is 2. The van der Waals surface area contributed by atoms with Crippen molar-refractivity contribution in [3.8, 4) is 0 Å². The Hall–Kier alpha value is -2.52. The number of rotatable bonds is 4. The Morgan fingerprint density at radius 3 is 2.61 bits per heavy atom. The summed E-state index contributed by atoms with van der Waals surface area (Å²) in [5.74, 6) is -0.341. The van der Waals surface area contributed by atoms with Gasteiger partial charge in [0.05, 0.1) is 5.69 Å². The SMILES string of the molecule is CC(=O)Nc1nnc(S(=O)(=O)Nc2cccc3ccccc23)s1. The number of fused-ring (bicyclic) bond motifs is 1. The maximum absolute atomic E-state index is 12.4. The topological polar surface area (TPSA) is 101 Å². The lowest BCUT2D eigenvalue weighted by Gasteiger charge is -2.08. The van der Waals surface area contributed by atoms with Crippen LogP contribution in [-0.2, 0) is 14.8 Å². The third-order valence-corrected chi connectivity index (χ3v) is 5.52. The van der Waals surface area contributed by atoms with E-state index in [4.69, 9.17) is 0 Å². The molecule has 9 heteroatoms. The molecule has 2 N–H and O–H groups in total. The van der Waals surface area contributed by atoms with Gasteiger partial charge in [0.15, 0.2) is 0 Å². The quantitative estimate of drug-likeness (QED) is 0.705. The van der Waals surface area contributed by atoms with Crippen LogP contribution in [0.25, 0.3) is 10.8 Å². The van der Waals surface area contributed by atoms with Crippen molar-refractivity contribution in [2.24, 2.45) is 0 Å². The average Bonchev–Trinajstić information content (AvgIpc) is 2.96. The van der Waals surface area contributed by atoms with E-state index in [0.29, 0.717) is 5.69 Å². The van der Waals surface area contributed by atoms with Gasteiger partial charge in [-0.15, -0.1) is 10.2 Å². The normalized spacial score (nSPS) is 11.3. The van der Waals surface area contributed by atoms with Gasteiger partial charge in [0.2, 0.25) is 11.0 Å². The van der Waals surface area contributed by atoms with E-state index in [1.165, 1.54) is 6.92 Å². The number of nitrogens with zero attached hydrogens (tertiary/aromatic N) is 2. The molecule has 7 nitrogen and oxygen atoms in total. The minimum Gasteiger partial charge on any atom is -0.301 e. The molecule has 3 aromatic rings. The molecule has 0 aliphatic heterocycles.